The summed E-state index contributed by atoms with van der Waals surface area (Å²) in [6, 6.07) is 0. The maximum Gasteiger partial charge on any atom is 0.306 e. The lowest BCUT2D eigenvalue weighted by atomic mass is 10.0. The Labute approximate surface area is 515 Å². The monoisotopic (exact) mass is 1160 g/mol. The van der Waals surface area contributed by atoms with Gasteiger partial charge in [-0.25, -0.2) is 0 Å². The Morgan fingerprint density at radius 3 is 0.783 bits per heavy atom. The van der Waals surface area contributed by atoms with Crippen molar-refractivity contribution in [2.75, 3.05) is 13.2 Å². The van der Waals surface area contributed by atoms with Crippen LogP contribution < -0.4 is 0 Å². The molecule has 0 aliphatic rings. The van der Waals surface area contributed by atoms with Crippen molar-refractivity contribution in [3.8, 4) is 0 Å². The highest BCUT2D eigenvalue weighted by atomic mass is 16.6. The number of carbonyl (C=O) groups is 3. The predicted molar refractivity (Wildman–Crippen MR) is 362 cm³/mol. The van der Waals surface area contributed by atoms with Crippen LogP contribution in [0.3, 0.4) is 0 Å². The minimum absolute atomic E-state index is 0.0799. The molecule has 0 heterocycles. The first kappa shape index (κ1) is 79.3. The molecule has 83 heavy (non-hydrogen) atoms. The molecule has 0 aromatic carbocycles. The highest BCUT2D eigenvalue weighted by Gasteiger charge is 2.19. The van der Waals surface area contributed by atoms with Gasteiger partial charge in [-0.3, -0.25) is 14.4 Å². The molecule has 0 saturated carbocycles. The molecule has 0 N–H and O–H groups in total. The van der Waals surface area contributed by atoms with E-state index in [0.29, 0.717) is 19.3 Å². The van der Waals surface area contributed by atoms with Crippen LogP contribution in [0.25, 0.3) is 0 Å². The molecule has 0 bridgehead atoms. The number of rotatable bonds is 65. The van der Waals surface area contributed by atoms with Gasteiger partial charge in [0.05, 0.1) is 0 Å². The third-order valence-electron chi connectivity index (χ3n) is 15.6. The van der Waals surface area contributed by atoms with E-state index in [4.69, 9.17) is 14.2 Å². The van der Waals surface area contributed by atoms with Gasteiger partial charge in [0, 0.05) is 19.3 Å². The Morgan fingerprint density at radius 1 is 0.253 bits per heavy atom. The zero-order chi connectivity index (χ0) is 59.9. The predicted octanol–water partition coefficient (Wildman–Crippen LogP) is 24.8. The van der Waals surface area contributed by atoms with Crippen LogP contribution in [0.4, 0.5) is 0 Å². The second-order valence-electron chi connectivity index (χ2n) is 23.8. The molecule has 0 rings (SSSR count). The minimum atomic E-state index is -0.783. The van der Waals surface area contributed by atoms with E-state index < -0.39 is 6.10 Å². The molecule has 0 radical (unpaired) electrons. The minimum Gasteiger partial charge on any atom is -0.462 e. The molecule has 0 aromatic rings. The van der Waals surface area contributed by atoms with Crippen molar-refractivity contribution in [3.63, 3.8) is 0 Å². The highest BCUT2D eigenvalue weighted by Crippen LogP contribution is 2.18. The number of unbranched alkanes of at least 4 members (excludes halogenated alkanes) is 38. The Kier molecular flexibility index (Phi) is 67.7. The molecule has 0 spiro atoms. The van der Waals surface area contributed by atoms with Gasteiger partial charge >= 0.3 is 17.9 Å². The topological polar surface area (TPSA) is 78.9 Å². The Bertz CT molecular complexity index is 1610. The molecule has 0 aromatic heterocycles. The van der Waals surface area contributed by atoms with Gasteiger partial charge in [0.25, 0.3) is 0 Å². The lowest BCUT2D eigenvalue weighted by Gasteiger charge is -2.18. The first-order valence-electron chi connectivity index (χ1n) is 35.7. The number of carbonyl (C=O) groups excluding carboxylic acids is 3. The van der Waals surface area contributed by atoms with Crippen molar-refractivity contribution in [1.29, 1.82) is 0 Å². The number of ether oxygens (including phenoxy) is 3. The van der Waals surface area contributed by atoms with Gasteiger partial charge < -0.3 is 14.2 Å². The van der Waals surface area contributed by atoms with Crippen molar-refractivity contribution >= 4 is 17.9 Å². The van der Waals surface area contributed by atoms with E-state index in [1.807, 2.05) is 0 Å². The molecule has 0 saturated heterocycles. The molecular weight excluding hydrogens is 1020 g/mol. The molecule has 6 nitrogen and oxygen atoms in total. The second-order valence-corrected chi connectivity index (χ2v) is 23.8. The number of hydrogen-bond donors (Lipinski definition) is 0. The number of allylic oxidation sites excluding steroid dienone is 16. The molecular formula is C77H134O6. The summed E-state index contributed by atoms with van der Waals surface area (Å²) in [6.45, 7) is 6.52. The fourth-order valence-electron chi connectivity index (χ4n) is 10.2. The Hall–Kier alpha value is -3.67. The lowest BCUT2D eigenvalue weighted by molar-refractivity contribution is -0.167. The number of hydrogen-bond acceptors (Lipinski definition) is 6. The smallest absolute Gasteiger partial charge is 0.306 e. The highest BCUT2D eigenvalue weighted by molar-refractivity contribution is 5.71. The van der Waals surface area contributed by atoms with Gasteiger partial charge in [0.1, 0.15) is 13.2 Å². The number of esters is 3. The molecule has 6 heteroatoms. The van der Waals surface area contributed by atoms with Crippen LogP contribution in [0.2, 0.25) is 0 Å². The Morgan fingerprint density at radius 2 is 0.482 bits per heavy atom. The standard InChI is InChI=1S/C77H134O6/c1-4-7-10-13-16-19-22-24-26-28-30-32-34-35-36-37-38-39-40-41-43-44-46-48-50-52-55-58-61-64-67-70-76(79)82-73-74(72-81-75(78)69-66-63-60-57-54-21-18-15-12-9-6-3)83-77(80)71-68-65-62-59-56-53-51-49-47-45-42-33-31-29-27-25-23-20-17-14-11-8-5-2/h7,10,15-16,18-19,24,26,30,32,35-36,38-39,41,43,74H,4-6,8-9,11-14,17,20-23,25,27-29,31,33-34,37,40,42,44-73H2,1-3H3/b10-7-,18-15-,19-16-,26-24-,32-30-,36-35-,39-38-,43-41-. The molecule has 0 fully saturated rings. The van der Waals surface area contributed by atoms with Crippen LogP contribution in [-0.2, 0) is 28.6 Å². The summed E-state index contributed by atoms with van der Waals surface area (Å²) in [5.74, 6) is -0.878. The molecule has 1 unspecified atom stereocenters. The lowest BCUT2D eigenvalue weighted by Crippen LogP contribution is -2.30. The first-order valence-corrected chi connectivity index (χ1v) is 35.7. The van der Waals surface area contributed by atoms with E-state index in [1.54, 1.807) is 0 Å². The van der Waals surface area contributed by atoms with Crippen LogP contribution in [0.5, 0.6) is 0 Å². The van der Waals surface area contributed by atoms with Gasteiger partial charge in [0.15, 0.2) is 6.10 Å². The second kappa shape index (κ2) is 70.8. The van der Waals surface area contributed by atoms with E-state index in [2.05, 4.69) is 118 Å². The molecule has 1 atom stereocenters. The van der Waals surface area contributed by atoms with Crippen molar-refractivity contribution in [1.82, 2.24) is 0 Å². The average Bonchev–Trinajstić information content (AvgIpc) is 3.48. The van der Waals surface area contributed by atoms with Crippen molar-refractivity contribution < 1.29 is 28.6 Å². The van der Waals surface area contributed by atoms with E-state index in [-0.39, 0.29) is 31.1 Å². The largest absolute Gasteiger partial charge is 0.462 e. The fraction of sp³-hybridized carbons (Fsp3) is 0.753. The summed E-state index contributed by atoms with van der Waals surface area (Å²) < 4.78 is 17.0. The maximum absolute atomic E-state index is 12.9. The summed E-state index contributed by atoms with van der Waals surface area (Å²) in [4.78, 5) is 38.4. The van der Waals surface area contributed by atoms with Gasteiger partial charge in [-0.1, -0.05) is 336 Å². The fourth-order valence-corrected chi connectivity index (χ4v) is 10.2. The zero-order valence-electron chi connectivity index (χ0n) is 54.9. The van der Waals surface area contributed by atoms with Gasteiger partial charge in [0.2, 0.25) is 0 Å². The van der Waals surface area contributed by atoms with E-state index >= 15 is 0 Å². The quantitative estimate of drug-likeness (QED) is 0.0261. The van der Waals surface area contributed by atoms with Crippen molar-refractivity contribution in [3.05, 3.63) is 97.2 Å². The molecule has 478 valence electrons. The summed E-state index contributed by atoms with van der Waals surface area (Å²) in [6.07, 6.45) is 95.9. The van der Waals surface area contributed by atoms with Crippen molar-refractivity contribution in [2.24, 2.45) is 0 Å². The summed E-state index contributed by atoms with van der Waals surface area (Å²) in [7, 11) is 0. The van der Waals surface area contributed by atoms with Gasteiger partial charge in [-0.15, -0.1) is 0 Å². The third kappa shape index (κ3) is 69.0. The van der Waals surface area contributed by atoms with Gasteiger partial charge in [-0.2, -0.15) is 0 Å². The van der Waals surface area contributed by atoms with E-state index in [9.17, 15) is 14.4 Å². The van der Waals surface area contributed by atoms with E-state index in [1.165, 1.54) is 199 Å². The third-order valence-corrected chi connectivity index (χ3v) is 15.6. The molecule has 0 aliphatic carbocycles. The van der Waals surface area contributed by atoms with E-state index in [0.717, 1.165) is 116 Å². The van der Waals surface area contributed by atoms with Crippen molar-refractivity contribution in [2.45, 2.75) is 361 Å². The molecule has 0 amide bonds. The maximum atomic E-state index is 12.9. The van der Waals surface area contributed by atoms with Crippen LogP contribution >= 0.6 is 0 Å². The van der Waals surface area contributed by atoms with Crippen LogP contribution in [-0.4, -0.2) is 37.2 Å². The summed E-state index contributed by atoms with van der Waals surface area (Å²) in [5.41, 5.74) is 0. The molecule has 0 aliphatic heterocycles. The van der Waals surface area contributed by atoms with Gasteiger partial charge in [-0.05, 0) is 96.3 Å². The first-order chi connectivity index (χ1) is 41.0. The van der Waals surface area contributed by atoms with Crippen LogP contribution in [0, 0.1) is 0 Å². The Balaban J connectivity index is 4.22. The summed E-state index contributed by atoms with van der Waals surface area (Å²) in [5, 5.41) is 0. The normalized spacial score (nSPS) is 12.7. The SMILES string of the molecule is CC/C=C\C/C=C\C/C=C\C/C=C\C/C=C\C/C=C\C/C=C\CCCCCCCCCCCC(=O)OCC(COC(=O)CCCCCCC/C=C\CCCC)OC(=O)CCCCCCCCCCCCCCCCCCCCCCCCC. The average molecular weight is 1160 g/mol. The zero-order valence-corrected chi connectivity index (χ0v) is 54.9. The summed E-state index contributed by atoms with van der Waals surface area (Å²) >= 11 is 0. The van der Waals surface area contributed by atoms with Crippen LogP contribution in [0.15, 0.2) is 97.2 Å². The van der Waals surface area contributed by atoms with Crippen LogP contribution in [0.1, 0.15) is 355 Å².